The molecule has 2 nitrogen and oxygen atoms in total. The zero-order valence-corrected chi connectivity index (χ0v) is 15.6. The number of fused-ring (bicyclic) bond motifs is 1. The molecule has 3 heteroatoms. The Morgan fingerprint density at radius 3 is 2.22 bits per heavy atom. The van der Waals surface area contributed by atoms with E-state index >= 15 is 0 Å². The summed E-state index contributed by atoms with van der Waals surface area (Å²) in [5.74, 6) is 0.879. The first kappa shape index (κ1) is 17.0. The highest BCUT2D eigenvalue weighted by Gasteiger charge is 2.57. The van der Waals surface area contributed by atoms with Gasteiger partial charge in [-0.2, -0.15) is 0 Å². The van der Waals surface area contributed by atoms with Gasteiger partial charge in [-0.1, -0.05) is 71.9 Å². The average molecular weight is 314 g/mol. The van der Waals surface area contributed by atoms with E-state index in [9.17, 15) is 0 Å². The topological polar surface area (TPSA) is 18.5 Å². The molecule has 3 rings (SSSR count). The largest absolute Gasteiger partial charge is 0.439 e. The summed E-state index contributed by atoms with van der Waals surface area (Å²) in [6.07, 6.45) is 2.44. The van der Waals surface area contributed by atoms with Crippen molar-refractivity contribution in [1.82, 2.24) is 0 Å². The van der Waals surface area contributed by atoms with Gasteiger partial charge in [-0.25, -0.2) is 0 Å². The van der Waals surface area contributed by atoms with E-state index in [4.69, 9.17) is 9.31 Å². The molecule has 0 bridgehead atoms. The molecular formula is C20H31BO2. The number of rotatable bonds is 1. The molecular weight excluding hydrogens is 283 g/mol. The summed E-state index contributed by atoms with van der Waals surface area (Å²) in [5, 5.41) is 0. The molecule has 1 heterocycles. The molecule has 0 amide bonds. The fourth-order valence-corrected chi connectivity index (χ4v) is 5.03. The maximum atomic E-state index is 6.39. The van der Waals surface area contributed by atoms with Gasteiger partial charge in [-0.15, -0.1) is 0 Å². The van der Waals surface area contributed by atoms with Crippen molar-refractivity contribution < 1.29 is 9.31 Å². The lowest BCUT2D eigenvalue weighted by Gasteiger charge is -2.53. The maximum Gasteiger partial charge on any atom is 0.439 e. The van der Waals surface area contributed by atoms with Gasteiger partial charge in [-0.05, 0) is 41.1 Å². The summed E-state index contributed by atoms with van der Waals surface area (Å²) in [6, 6.07) is 10.7. The molecule has 23 heavy (non-hydrogen) atoms. The highest BCUT2D eigenvalue weighted by molar-refractivity contribution is 6.19. The van der Waals surface area contributed by atoms with E-state index in [1.807, 2.05) is 0 Å². The molecule has 2 fully saturated rings. The van der Waals surface area contributed by atoms with Crippen molar-refractivity contribution in [2.75, 3.05) is 0 Å². The number of benzene rings is 1. The summed E-state index contributed by atoms with van der Waals surface area (Å²) < 4.78 is 12.6. The van der Waals surface area contributed by atoms with Crippen LogP contribution in [-0.4, -0.2) is 13.8 Å². The van der Waals surface area contributed by atoms with Crippen molar-refractivity contribution in [3.8, 4) is 0 Å². The summed E-state index contributed by atoms with van der Waals surface area (Å²) in [7, 11) is 0.412. The van der Waals surface area contributed by atoms with Crippen LogP contribution in [0.1, 0.15) is 59.9 Å². The van der Waals surface area contributed by atoms with Crippen LogP contribution < -0.4 is 0 Å². The third-order valence-corrected chi connectivity index (χ3v) is 6.92. The lowest BCUT2D eigenvalue weighted by Crippen LogP contribution is -2.52. The van der Waals surface area contributed by atoms with Crippen LogP contribution in [0.4, 0.5) is 0 Å². The summed E-state index contributed by atoms with van der Waals surface area (Å²) in [5.41, 5.74) is 1.51. The monoisotopic (exact) mass is 314 g/mol. The summed E-state index contributed by atoms with van der Waals surface area (Å²) in [6.45, 7) is 14.4. The zero-order valence-electron chi connectivity index (χ0n) is 15.6. The van der Waals surface area contributed by atoms with Gasteiger partial charge in [0.05, 0.1) is 6.10 Å². The Hall–Kier alpha value is -0.795. The molecule has 0 aromatic heterocycles. The third kappa shape index (κ3) is 2.57. The molecule has 0 N–H and O–H groups in total. The van der Waals surface area contributed by atoms with Gasteiger partial charge in [0.2, 0.25) is 0 Å². The van der Waals surface area contributed by atoms with E-state index < -0.39 is 0 Å². The fraction of sp³-hybridized carbons (Fsp3) is 0.700. The molecule has 1 aliphatic carbocycles. The lowest BCUT2D eigenvalue weighted by atomic mass is 9.55. The van der Waals surface area contributed by atoms with E-state index in [0.29, 0.717) is 19.5 Å². The minimum atomic E-state index is -0.311. The van der Waals surface area contributed by atoms with E-state index in [0.717, 1.165) is 12.8 Å². The normalized spacial score (nSPS) is 39.0. The van der Waals surface area contributed by atoms with Crippen molar-refractivity contribution >= 4 is 7.69 Å². The quantitative estimate of drug-likeness (QED) is 0.701. The van der Waals surface area contributed by atoms with E-state index in [1.54, 1.807) is 0 Å². The predicted octanol–water partition coefficient (Wildman–Crippen LogP) is 4.68. The number of hydrogen-bond donors (Lipinski definition) is 0. The molecule has 3 unspecified atom stereocenters. The molecule has 4 atom stereocenters. The first-order valence-corrected chi connectivity index (χ1v) is 9.02. The first-order valence-electron chi connectivity index (χ1n) is 9.02. The van der Waals surface area contributed by atoms with Crippen molar-refractivity contribution in [2.24, 2.45) is 22.7 Å². The van der Waals surface area contributed by atoms with Crippen LogP contribution in [0.25, 0.3) is 0 Å². The minimum Gasteiger partial charge on any atom is -0.408 e. The zero-order chi connectivity index (χ0) is 16.9. The highest BCUT2D eigenvalue weighted by atomic mass is 16.6. The molecule has 1 saturated heterocycles. The van der Waals surface area contributed by atoms with Gasteiger partial charge in [0.1, 0.15) is 5.60 Å². The molecule has 0 spiro atoms. The summed E-state index contributed by atoms with van der Waals surface area (Å²) >= 11 is 0. The molecule has 1 aliphatic heterocycles. The Balaban J connectivity index is 2.10. The average Bonchev–Trinajstić information content (AvgIpc) is 2.92. The Labute approximate surface area is 142 Å². The first-order chi connectivity index (χ1) is 10.7. The third-order valence-electron chi connectivity index (χ3n) is 6.92. The van der Waals surface area contributed by atoms with E-state index in [-0.39, 0.29) is 22.5 Å². The van der Waals surface area contributed by atoms with Crippen LogP contribution in [0.2, 0.25) is 0 Å². The molecule has 126 valence electrons. The Morgan fingerprint density at radius 1 is 0.957 bits per heavy atom. The van der Waals surface area contributed by atoms with Gasteiger partial charge in [0.25, 0.3) is 0 Å². The second kappa shape index (κ2) is 5.63. The van der Waals surface area contributed by atoms with Crippen molar-refractivity contribution in [3.05, 3.63) is 35.9 Å². The van der Waals surface area contributed by atoms with Gasteiger partial charge in [-0.3, -0.25) is 0 Å². The summed E-state index contributed by atoms with van der Waals surface area (Å²) in [4.78, 5) is 0. The van der Waals surface area contributed by atoms with Crippen molar-refractivity contribution in [3.63, 3.8) is 0 Å². The maximum absolute atomic E-state index is 6.39. The fourth-order valence-electron chi connectivity index (χ4n) is 5.03. The molecule has 2 aliphatic rings. The van der Waals surface area contributed by atoms with E-state index in [1.165, 1.54) is 5.56 Å². The predicted molar refractivity (Wildman–Crippen MR) is 96.4 cm³/mol. The van der Waals surface area contributed by atoms with E-state index in [2.05, 4.69) is 71.9 Å². The Morgan fingerprint density at radius 2 is 1.57 bits per heavy atom. The molecule has 0 radical (unpaired) electrons. The molecule has 1 saturated carbocycles. The second-order valence-electron chi connectivity index (χ2n) is 9.06. The standard InChI is InChI=1S/C20H31BO2/c1-14-12-18(3,4)19(5,6)13-15(2)20(17(14)22-21-23-20)16-10-8-7-9-11-16/h7-11,14-15,17,21H,12-13H2,1-6H3/t14-,15?,17?,20?/m0/s1. The SMILES string of the molecule is CC1CC(C)(C)C(C)(C)C[C@H](C)C2OBOC12c1ccccc1. The van der Waals surface area contributed by atoms with Gasteiger partial charge in [0, 0.05) is 0 Å². The molecule has 1 aromatic rings. The van der Waals surface area contributed by atoms with Crippen molar-refractivity contribution in [2.45, 2.75) is 66.1 Å². The van der Waals surface area contributed by atoms with Gasteiger partial charge < -0.3 is 9.31 Å². The Bertz CT molecular complexity index is 554. The van der Waals surface area contributed by atoms with Gasteiger partial charge in [0.15, 0.2) is 0 Å². The minimum absolute atomic E-state index is 0.135. The van der Waals surface area contributed by atoms with Crippen LogP contribution in [0.5, 0.6) is 0 Å². The number of hydrogen-bond acceptors (Lipinski definition) is 2. The highest BCUT2D eigenvalue weighted by Crippen LogP contribution is 2.57. The molecule has 1 aromatic carbocycles. The second-order valence-corrected chi connectivity index (χ2v) is 9.06. The van der Waals surface area contributed by atoms with Crippen LogP contribution in [-0.2, 0) is 14.9 Å². The Kier molecular flexibility index (Phi) is 4.17. The van der Waals surface area contributed by atoms with Gasteiger partial charge >= 0.3 is 7.69 Å². The van der Waals surface area contributed by atoms with Crippen LogP contribution in [0, 0.1) is 22.7 Å². The van der Waals surface area contributed by atoms with Crippen LogP contribution in [0.3, 0.4) is 0 Å². The van der Waals surface area contributed by atoms with Crippen LogP contribution in [0.15, 0.2) is 30.3 Å². The smallest absolute Gasteiger partial charge is 0.408 e. The van der Waals surface area contributed by atoms with Crippen LogP contribution >= 0.6 is 0 Å². The lowest BCUT2D eigenvalue weighted by molar-refractivity contribution is -0.0996. The van der Waals surface area contributed by atoms with Crippen molar-refractivity contribution in [1.29, 1.82) is 0 Å².